The molecule has 4 rings (SSSR count). The molecule has 170 valence electrons. The van der Waals surface area contributed by atoms with Gasteiger partial charge >= 0.3 is 0 Å². The van der Waals surface area contributed by atoms with Gasteiger partial charge in [-0.05, 0) is 84.9 Å². The summed E-state index contributed by atoms with van der Waals surface area (Å²) in [5.74, 6) is 5.21. The molecular formula is C29H48O. The number of carbonyl (C=O) groups excluding carboxylic acids is 1. The molecule has 4 aliphatic rings. The standard InChI is InChI=1S/C29H48O/c1-19(2)9-8-10-20(3)22-12-13-23-21-11-14-25-27(4,5)26(30)16-18-29(25,7)24(21)15-17-28(22,23)6/h11,19-20,22-25H,8-10,12-18H2,1-7H3/t20-,22-,23+,24+,25?,28-,29-/m1/s1. The zero-order valence-corrected chi connectivity index (χ0v) is 21.0. The van der Waals surface area contributed by atoms with Gasteiger partial charge in [-0.15, -0.1) is 0 Å². The largest absolute Gasteiger partial charge is 0.299 e. The van der Waals surface area contributed by atoms with E-state index in [4.69, 9.17) is 0 Å². The number of rotatable bonds is 5. The number of Topliss-reactive ketones (excluding diaryl/α,β-unsaturated/α-hetero) is 1. The second kappa shape index (κ2) is 7.77. The zero-order chi connectivity index (χ0) is 21.9. The Hall–Kier alpha value is -0.590. The average molecular weight is 413 g/mol. The van der Waals surface area contributed by atoms with Crippen LogP contribution in [0.15, 0.2) is 11.6 Å². The predicted octanol–water partition coefficient (Wildman–Crippen LogP) is 8.23. The quantitative estimate of drug-likeness (QED) is 0.415. The Bertz CT molecular complexity index is 699. The molecule has 4 aliphatic carbocycles. The maximum atomic E-state index is 12.7. The van der Waals surface area contributed by atoms with Crippen molar-refractivity contribution in [3.05, 3.63) is 11.6 Å². The molecule has 7 atom stereocenters. The fraction of sp³-hybridized carbons (Fsp3) is 0.897. The Labute approximate surface area is 186 Å². The minimum atomic E-state index is -0.140. The molecule has 0 bridgehead atoms. The van der Waals surface area contributed by atoms with E-state index < -0.39 is 0 Å². The summed E-state index contributed by atoms with van der Waals surface area (Å²) in [6.45, 7) is 17.0. The first-order valence-corrected chi connectivity index (χ1v) is 13.2. The van der Waals surface area contributed by atoms with Crippen LogP contribution in [-0.2, 0) is 4.79 Å². The Kier molecular flexibility index (Phi) is 5.85. The molecular weight excluding hydrogens is 364 g/mol. The van der Waals surface area contributed by atoms with Gasteiger partial charge in [-0.1, -0.05) is 79.4 Å². The first-order valence-electron chi connectivity index (χ1n) is 13.2. The lowest BCUT2D eigenvalue weighted by molar-refractivity contribution is -0.144. The molecule has 1 nitrogen and oxygen atoms in total. The van der Waals surface area contributed by atoms with E-state index in [1.165, 1.54) is 44.9 Å². The van der Waals surface area contributed by atoms with Crippen molar-refractivity contribution in [2.45, 2.75) is 113 Å². The van der Waals surface area contributed by atoms with E-state index in [1.807, 2.05) is 5.57 Å². The van der Waals surface area contributed by atoms with Crippen molar-refractivity contribution in [1.29, 1.82) is 0 Å². The summed E-state index contributed by atoms with van der Waals surface area (Å²) in [6.07, 6.45) is 15.6. The second-order valence-electron chi connectivity index (χ2n) is 13.3. The third-order valence-electron chi connectivity index (χ3n) is 11.0. The highest BCUT2D eigenvalue weighted by molar-refractivity contribution is 5.85. The molecule has 0 aromatic heterocycles. The fourth-order valence-electron chi connectivity index (χ4n) is 9.15. The molecule has 0 N–H and O–H groups in total. The molecule has 1 unspecified atom stereocenters. The van der Waals surface area contributed by atoms with E-state index in [2.05, 4.69) is 54.5 Å². The molecule has 0 radical (unpaired) electrons. The topological polar surface area (TPSA) is 17.1 Å². The highest BCUT2D eigenvalue weighted by Crippen LogP contribution is 2.68. The smallest absolute Gasteiger partial charge is 0.138 e. The zero-order valence-electron chi connectivity index (χ0n) is 21.0. The Morgan fingerprint density at radius 3 is 2.33 bits per heavy atom. The highest BCUT2D eigenvalue weighted by Gasteiger charge is 2.61. The molecule has 3 fully saturated rings. The molecule has 0 heterocycles. The normalized spacial score (nSPS) is 43.6. The Balaban J connectivity index is 1.55. The number of fused-ring (bicyclic) bond motifs is 5. The average Bonchev–Trinajstić information content (AvgIpc) is 3.02. The summed E-state index contributed by atoms with van der Waals surface area (Å²) in [6, 6.07) is 0. The number of hydrogen-bond acceptors (Lipinski definition) is 1. The van der Waals surface area contributed by atoms with E-state index in [1.54, 1.807) is 0 Å². The molecule has 1 heteroatoms. The monoisotopic (exact) mass is 412 g/mol. The minimum Gasteiger partial charge on any atom is -0.299 e. The van der Waals surface area contributed by atoms with Crippen LogP contribution in [0.1, 0.15) is 113 Å². The van der Waals surface area contributed by atoms with Gasteiger partial charge in [0.1, 0.15) is 5.78 Å². The SMILES string of the molecule is CC(C)CCC[C@@H](C)[C@H]1CC[C@H]2C3=CCC4C(C)(C)C(=O)CC[C@]4(C)[C@H]3CC[C@]12C. The summed E-state index contributed by atoms with van der Waals surface area (Å²) in [4.78, 5) is 12.7. The van der Waals surface area contributed by atoms with Gasteiger partial charge in [-0.3, -0.25) is 4.79 Å². The molecule has 0 aliphatic heterocycles. The summed E-state index contributed by atoms with van der Waals surface area (Å²) >= 11 is 0. The molecule has 0 aromatic rings. The van der Waals surface area contributed by atoms with Gasteiger partial charge < -0.3 is 0 Å². The van der Waals surface area contributed by atoms with Gasteiger partial charge in [0.25, 0.3) is 0 Å². The molecule has 0 spiro atoms. The maximum absolute atomic E-state index is 12.7. The minimum absolute atomic E-state index is 0.140. The van der Waals surface area contributed by atoms with Crippen LogP contribution in [0.3, 0.4) is 0 Å². The lowest BCUT2D eigenvalue weighted by Crippen LogP contribution is -2.55. The van der Waals surface area contributed by atoms with E-state index in [9.17, 15) is 4.79 Å². The Morgan fingerprint density at radius 1 is 0.933 bits per heavy atom. The van der Waals surface area contributed by atoms with Crippen LogP contribution in [-0.4, -0.2) is 5.78 Å². The molecule has 30 heavy (non-hydrogen) atoms. The summed E-state index contributed by atoms with van der Waals surface area (Å²) in [5.41, 5.74) is 2.55. The van der Waals surface area contributed by atoms with Crippen LogP contribution in [0.25, 0.3) is 0 Å². The van der Waals surface area contributed by atoms with Crippen LogP contribution in [0.2, 0.25) is 0 Å². The lowest BCUT2D eigenvalue weighted by Gasteiger charge is -2.60. The summed E-state index contributed by atoms with van der Waals surface area (Å²) in [5, 5.41) is 0. The lowest BCUT2D eigenvalue weighted by atomic mass is 9.44. The van der Waals surface area contributed by atoms with Gasteiger partial charge in [0.2, 0.25) is 0 Å². The van der Waals surface area contributed by atoms with E-state index in [0.717, 1.165) is 48.9 Å². The summed E-state index contributed by atoms with van der Waals surface area (Å²) in [7, 11) is 0. The van der Waals surface area contributed by atoms with Crippen molar-refractivity contribution >= 4 is 5.78 Å². The molecule has 0 aromatic carbocycles. The van der Waals surface area contributed by atoms with Crippen molar-refractivity contribution in [1.82, 2.24) is 0 Å². The third-order valence-corrected chi connectivity index (χ3v) is 11.0. The number of ketones is 1. The first-order chi connectivity index (χ1) is 14.0. The van der Waals surface area contributed by atoms with E-state index >= 15 is 0 Å². The van der Waals surface area contributed by atoms with Crippen molar-refractivity contribution in [2.75, 3.05) is 0 Å². The number of carbonyl (C=O) groups is 1. The highest BCUT2D eigenvalue weighted by atomic mass is 16.1. The van der Waals surface area contributed by atoms with Crippen LogP contribution in [0, 0.1) is 51.8 Å². The van der Waals surface area contributed by atoms with Gasteiger partial charge in [-0.25, -0.2) is 0 Å². The van der Waals surface area contributed by atoms with Gasteiger partial charge in [0, 0.05) is 11.8 Å². The first kappa shape index (κ1) is 22.6. The second-order valence-corrected chi connectivity index (χ2v) is 13.3. The van der Waals surface area contributed by atoms with Crippen LogP contribution in [0.5, 0.6) is 0 Å². The summed E-state index contributed by atoms with van der Waals surface area (Å²) < 4.78 is 0. The van der Waals surface area contributed by atoms with Crippen LogP contribution in [0.4, 0.5) is 0 Å². The number of allylic oxidation sites excluding steroid dienone is 2. The fourth-order valence-corrected chi connectivity index (χ4v) is 9.15. The van der Waals surface area contributed by atoms with Crippen molar-refractivity contribution in [3.63, 3.8) is 0 Å². The van der Waals surface area contributed by atoms with E-state index in [0.29, 0.717) is 22.5 Å². The van der Waals surface area contributed by atoms with Crippen molar-refractivity contribution in [2.24, 2.45) is 51.8 Å². The van der Waals surface area contributed by atoms with Gasteiger partial charge in [0.15, 0.2) is 0 Å². The maximum Gasteiger partial charge on any atom is 0.138 e. The van der Waals surface area contributed by atoms with Crippen LogP contribution >= 0.6 is 0 Å². The number of hydrogen-bond donors (Lipinski definition) is 0. The Morgan fingerprint density at radius 2 is 1.63 bits per heavy atom. The molecule has 0 saturated heterocycles. The van der Waals surface area contributed by atoms with E-state index in [-0.39, 0.29) is 5.41 Å². The third kappa shape index (κ3) is 3.36. The predicted molar refractivity (Wildman–Crippen MR) is 127 cm³/mol. The van der Waals surface area contributed by atoms with Crippen molar-refractivity contribution < 1.29 is 4.79 Å². The molecule has 0 amide bonds. The van der Waals surface area contributed by atoms with Crippen molar-refractivity contribution in [3.8, 4) is 0 Å². The van der Waals surface area contributed by atoms with Crippen LogP contribution < -0.4 is 0 Å². The van der Waals surface area contributed by atoms with Gasteiger partial charge in [-0.2, -0.15) is 0 Å². The van der Waals surface area contributed by atoms with Gasteiger partial charge in [0.05, 0.1) is 0 Å². The molecule has 3 saturated carbocycles.